The molecule has 0 saturated carbocycles. The van der Waals surface area contributed by atoms with E-state index in [-0.39, 0.29) is 17.8 Å². The van der Waals surface area contributed by atoms with Crippen molar-refractivity contribution in [1.29, 1.82) is 5.41 Å². The Bertz CT molecular complexity index is 918. The molecule has 0 aliphatic rings. The van der Waals surface area contributed by atoms with Gasteiger partial charge in [-0.15, -0.1) is 0 Å². The van der Waals surface area contributed by atoms with Crippen molar-refractivity contribution in [2.45, 2.75) is 44.9 Å². The molecule has 2 aromatic rings. The van der Waals surface area contributed by atoms with E-state index in [1.54, 1.807) is 26.1 Å². The van der Waals surface area contributed by atoms with Gasteiger partial charge in [0.15, 0.2) is 0 Å². The van der Waals surface area contributed by atoms with Crippen LogP contribution in [-0.2, 0) is 11.2 Å². The number of aliphatic hydroxyl groups excluding tert-OH is 1. The fourth-order valence-electron chi connectivity index (χ4n) is 3.29. The number of amides is 2. The maximum absolute atomic E-state index is 12.8. The van der Waals surface area contributed by atoms with Gasteiger partial charge in [0.1, 0.15) is 6.04 Å². The van der Waals surface area contributed by atoms with E-state index in [4.69, 9.17) is 10.1 Å². The summed E-state index contributed by atoms with van der Waals surface area (Å²) >= 11 is 0. The van der Waals surface area contributed by atoms with E-state index < -0.39 is 18.2 Å². The second kappa shape index (κ2) is 12.7. The highest BCUT2D eigenvalue weighted by molar-refractivity contribution is 5.98. The molecule has 178 valence electrons. The minimum Gasteiger partial charge on any atom is -0.394 e. The molecule has 0 radical (unpaired) electrons. The van der Waals surface area contributed by atoms with Crippen molar-refractivity contribution < 1.29 is 19.4 Å². The average Bonchev–Trinajstić information content (AvgIpc) is 2.85. The van der Waals surface area contributed by atoms with Crippen LogP contribution in [0.2, 0.25) is 0 Å². The Morgan fingerprint density at radius 2 is 1.76 bits per heavy atom. The van der Waals surface area contributed by atoms with Crippen molar-refractivity contribution in [2.24, 2.45) is 0 Å². The summed E-state index contributed by atoms with van der Waals surface area (Å²) in [6, 6.07) is 16.4. The second-order valence-electron chi connectivity index (χ2n) is 7.94. The molecule has 0 saturated heterocycles. The summed E-state index contributed by atoms with van der Waals surface area (Å²) in [5.41, 5.74) is 2.45. The van der Waals surface area contributed by atoms with Gasteiger partial charge in [0.05, 0.1) is 6.10 Å². The molecule has 0 heterocycles. The maximum atomic E-state index is 12.8. The van der Waals surface area contributed by atoms with Crippen molar-refractivity contribution in [3.63, 3.8) is 0 Å². The van der Waals surface area contributed by atoms with E-state index in [1.165, 1.54) is 11.9 Å². The molecular formula is C25H34N4O4. The summed E-state index contributed by atoms with van der Waals surface area (Å²) in [4.78, 5) is 25.4. The summed E-state index contributed by atoms with van der Waals surface area (Å²) in [6.45, 7) is 4.18. The number of alkyl carbamates (subject to hydrolysis) is 1. The van der Waals surface area contributed by atoms with Crippen molar-refractivity contribution in [2.75, 3.05) is 20.6 Å². The third kappa shape index (κ3) is 7.69. The lowest BCUT2D eigenvalue weighted by molar-refractivity contribution is 0.0765. The van der Waals surface area contributed by atoms with E-state index in [2.05, 4.69) is 17.6 Å². The molecule has 0 bridgehead atoms. The van der Waals surface area contributed by atoms with Crippen LogP contribution in [-0.4, -0.2) is 60.6 Å². The number of carbonyl (C=O) groups excluding carboxylic acids is 2. The van der Waals surface area contributed by atoms with Gasteiger partial charge < -0.3 is 25.4 Å². The van der Waals surface area contributed by atoms with Gasteiger partial charge in [-0.3, -0.25) is 10.2 Å². The Balaban J connectivity index is 1.92. The number of rotatable bonds is 10. The maximum Gasteiger partial charge on any atom is 0.413 e. The Morgan fingerprint density at radius 3 is 2.33 bits per heavy atom. The number of hydrogen-bond donors (Lipinski definition) is 4. The molecule has 2 rings (SSSR count). The molecule has 4 N–H and O–H groups in total. The molecule has 2 aromatic carbocycles. The molecule has 0 aliphatic heterocycles. The number of ether oxygens (including phenoxy) is 1. The highest BCUT2D eigenvalue weighted by Crippen LogP contribution is 2.14. The molecule has 8 nitrogen and oxygen atoms in total. The zero-order valence-corrected chi connectivity index (χ0v) is 19.7. The van der Waals surface area contributed by atoms with Gasteiger partial charge in [-0.2, -0.15) is 0 Å². The molecule has 0 spiro atoms. The van der Waals surface area contributed by atoms with Crippen molar-refractivity contribution in [1.82, 2.24) is 15.5 Å². The van der Waals surface area contributed by atoms with Crippen molar-refractivity contribution >= 4 is 17.9 Å². The van der Waals surface area contributed by atoms with Crippen LogP contribution in [0.1, 0.15) is 47.9 Å². The summed E-state index contributed by atoms with van der Waals surface area (Å²) in [7, 11) is 2.97. The number of nitrogens with one attached hydrogen (secondary N) is 3. The van der Waals surface area contributed by atoms with Gasteiger partial charge in [0.2, 0.25) is 5.90 Å². The zero-order chi connectivity index (χ0) is 24.4. The van der Waals surface area contributed by atoms with Crippen LogP contribution < -0.4 is 10.6 Å². The first kappa shape index (κ1) is 26.0. The Morgan fingerprint density at radius 1 is 1.12 bits per heavy atom. The monoisotopic (exact) mass is 454 g/mol. The lowest BCUT2D eigenvalue weighted by atomic mass is 10.0. The minimum atomic E-state index is -0.743. The molecular weight excluding hydrogens is 420 g/mol. The highest BCUT2D eigenvalue weighted by atomic mass is 16.6. The predicted octanol–water partition coefficient (Wildman–Crippen LogP) is 3.12. The number of benzene rings is 2. The van der Waals surface area contributed by atoms with E-state index in [1.807, 2.05) is 42.5 Å². The van der Waals surface area contributed by atoms with E-state index in [0.29, 0.717) is 12.1 Å². The second-order valence-corrected chi connectivity index (χ2v) is 7.94. The largest absolute Gasteiger partial charge is 0.413 e. The van der Waals surface area contributed by atoms with E-state index in [0.717, 1.165) is 24.0 Å². The standard InChI is InChI=1S/C25H34N4O4/c1-5-21(28-16-22(30)19-9-7-6-8-10-19)15-18-11-13-20(14-12-18)24(31)29(4)17(2)23(26)33-25(32)27-3/h6-14,17,21-22,26,28,30H,5,15-16H2,1-4H3,(H,27,32). The Hall–Kier alpha value is -3.23. The Labute approximate surface area is 195 Å². The lowest BCUT2D eigenvalue weighted by Crippen LogP contribution is -2.42. The first-order valence-electron chi connectivity index (χ1n) is 11.1. The quantitative estimate of drug-likeness (QED) is 0.325. The Kier molecular flexibility index (Phi) is 10.0. The lowest BCUT2D eigenvalue weighted by Gasteiger charge is -2.25. The summed E-state index contributed by atoms with van der Waals surface area (Å²) in [5, 5.41) is 23.9. The number of aliphatic hydroxyl groups is 1. The van der Waals surface area contributed by atoms with Crippen molar-refractivity contribution in [3.05, 3.63) is 71.3 Å². The van der Waals surface area contributed by atoms with Crippen LogP contribution in [0, 0.1) is 5.41 Å². The molecule has 3 unspecified atom stereocenters. The molecule has 33 heavy (non-hydrogen) atoms. The number of carbonyl (C=O) groups is 2. The molecule has 0 aliphatic carbocycles. The van der Waals surface area contributed by atoms with Crippen LogP contribution in [0.4, 0.5) is 4.79 Å². The highest BCUT2D eigenvalue weighted by Gasteiger charge is 2.23. The summed E-state index contributed by atoms with van der Waals surface area (Å²) < 4.78 is 4.83. The van der Waals surface area contributed by atoms with Gasteiger partial charge in [0, 0.05) is 32.2 Å². The first-order chi connectivity index (χ1) is 15.8. The molecule has 0 aromatic heterocycles. The third-order valence-corrected chi connectivity index (χ3v) is 5.65. The third-order valence-electron chi connectivity index (χ3n) is 5.65. The number of likely N-dealkylation sites (N-methyl/N-ethyl adjacent to an activating group) is 1. The van der Waals surface area contributed by atoms with Crippen LogP contribution in [0.5, 0.6) is 0 Å². The van der Waals surface area contributed by atoms with Crippen LogP contribution in [0.3, 0.4) is 0 Å². The van der Waals surface area contributed by atoms with Crippen LogP contribution in [0.15, 0.2) is 54.6 Å². The SMILES string of the molecule is CCC(Cc1ccc(C(=O)N(C)C(C)C(=N)OC(=O)NC)cc1)NCC(O)c1ccccc1. The van der Waals surface area contributed by atoms with Crippen molar-refractivity contribution in [3.8, 4) is 0 Å². The molecule has 3 atom stereocenters. The minimum absolute atomic E-state index is 0.190. The smallest absolute Gasteiger partial charge is 0.394 e. The first-order valence-corrected chi connectivity index (χ1v) is 11.1. The van der Waals surface area contributed by atoms with Crippen LogP contribution in [0.25, 0.3) is 0 Å². The fraction of sp³-hybridized carbons (Fsp3) is 0.400. The van der Waals surface area contributed by atoms with E-state index >= 15 is 0 Å². The van der Waals surface area contributed by atoms with Gasteiger partial charge in [-0.1, -0.05) is 49.4 Å². The van der Waals surface area contributed by atoms with Gasteiger partial charge in [0.25, 0.3) is 5.91 Å². The summed E-state index contributed by atoms with van der Waals surface area (Å²) in [5.74, 6) is -0.577. The van der Waals surface area contributed by atoms with Gasteiger partial charge >= 0.3 is 6.09 Å². The fourth-order valence-corrected chi connectivity index (χ4v) is 3.29. The molecule has 2 amide bonds. The molecule has 0 fully saturated rings. The molecule has 8 heteroatoms. The number of hydrogen-bond acceptors (Lipinski definition) is 6. The summed E-state index contributed by atoms with van der Waals surface area (Å²) in [6.07, 6.45) is 0.357. The topological polar surface area (TPSA) is 115 Å². The van der Waals surface area contributed by atoms with E-state index in [9.17, 15) is 14.7 Å². The van der Waals surface area contributed by atoms with Crippen LogP contribution >= 0.6 is 0 Å². The van der Waals surface area contributed by atoms with Gasteiger partial charge in [-0.05, 0) is 43.0 Å². The number of nitrogens with zero attached hydrogens (tertiary/aromatic N) is 1. The normalized spacial score (nSPS) is 13.5. The van der Waals surface area contributed by atoms with Gasteiger partial charge in [-0.25, -0.2) is 4.79 Å². The average molecular weight is 455 g/mol. The zero-order valence-electron chi connectivity index (χ0n) is 19.7. The predicted molar refractivity (Wildman–Crippen MR) is 128 cm³/mol.